The van der Waals surface area contributed by atoms with E-state index in [0.717, 1.165) is 11.1 Å². The fourth-order valence-corrected chi connectivity index (χ4v) is 3.66. The molecule has 0 spiro atoms. The van der Waals surface area contributed by atoms with E-state index in [1.165, 1.54) is 7.11 Å². The van der Waals surface area contributed by atoms with Gasteiger partial charge >= 0.3 is 0 Å². The molecule has 1 heterocycles. The van der Waals surface area contributed by atoms with Crippen molar-refractivity contribution in [3.63, 3.8) is 0 Å². The number of hydrogen-bond acceptors (Lipinski definition) is 4. The van der Waals surface area contributed by atoms with E-state index in [1.807, 2.05) is 13.0 Å². The SMILES string of the molecule is COc1ccc(C)cc1S(=O)(=O)Nc1cccc(-c2ncc[nH]2)c1. The molecule has 0 fully saturated rings. The van der Waals surface area contributed by atoms with E-state index in [0.29, 0.717) is 17.3 Å². The number of rotatable bonds is 5. The lowest BCUT2D eigenvalue weighted by Gasteiger charge is -2.12. The van der Waals surface area contributed by atoms with Crippen LogP contribution in [0.2, 0.25) is 0 Å². The number of H-pyrrole nitrogens is 1. The Bertz CT molecular complexity index is 951. The van der Waals surface area contributed by atoms with Crippen LogP contribution in [0.5, 0.6) is 5.75 Å². The van der Waals surface area contributed by atoms with Crippen LogP contribution >= 0.6 is 0 Å². The van der Waals surface area contributed by atoms with Gasteiger partial charge in [0.25, 0.3) is 10.0 Å². The lowest BCUT2D eigenvalue weighted by atomic mass is 10.2. The minimum absolute atomic E-state index is 0.105. The van der Waals surface area contributed by atoms with Crippen LogP contribution in [-0.4, -0.2) is 25.5 Å². The van der Waals surface area contributed by atoms with Crippen LogP contribution in [0.1, 0.15) is 5.56 Å². The van der Waals surface area contributed by atoms with Crippen molar-refractivity contribution in [3.05, 3.63) is 60.4 Å². The van der Waals surface area contributed by atoms with Crippen molar-refractivity contribution < 1.29 is 13.2 Å². The molecule has 0 unspecified atom stereocenters. The zero-order valence-corrected chi connectivity index (χ0v) is 14.1. The summed E-state index contributed by atoms with van der Waals surface area (Å²) in [6.45, 7) is 1.83. The van der Waals surface area contributed by atoms with E-state index >= 15 is 0 Å². The van der Waals surface area contributed by atoms with Gasteiger partial charge in [0.2, 0.25) is 0 Å². The Morgan fingerprint density at radius 2 is 2.00 bits per heavy atom. The third kappa shape index (κ3) is 3.26. The zero-order valence-electron chi connectivity index (χ0n) is 13.3. The average Bonchev–Trinajstić information content (AvgIpc) is 3.09. The van der Waals surface area contributed by atoms with Crippen molar-refractivity contribution in [1.82, 2.24) is 9.97 Å². The number of aryl methyl sites for hydroxylation is 1. The third-order valence-electron chi connectivity index (χ3n) is 3.50. The first kappa shape index (κ1) is 16.1. The lowest BCUT2D eigenvalue weighted by Crippen LogP contribution is -2.14. The molecule has 0 saturated carbocycles. The topological polar surface area (TPSA) is 84.1 Å². The molecule has 0 radical (unpaired) electrons. The van der Waals surface area contributed by atoms with Gasteiger partial charge < -0.3 is 9.72 Å². The number of methoxy groups -OCH3 is 1. The standard InChI is InChI=1S/C17H17N3O3S/c1-12-6-7-15(23-2)16(10-12)24(21,22)20-14-5-3-4-13(11-14)17-18-8-9-19-17/h3-11,20H,1-2H3,(H,18,19). The van der Waals surface area contributed by atoms with Crippen molar-refractivity contribution in [2.24, 2.45) is 0 Å². The van der Waals surface area contributed by atoms with Crippen LogP contribution in [0, 0.1) is 6.92 Å². The highest BCUT2D eigenvalue weighted by Crippen LogP contribution is 2.28. The van der Waals surface area contributed by atoms with Gasteiger partial charge in [0, 0.05) is 23.6 Å². The van der Waals surface area contributed by atoms with Gasteiger partial charge in [-0.3, -0.25) is 4.72 Å². The average molecular weight is 343 g/mol. The second kappa shape index (κ2) is 6.37. The quantitative estimate of drug-likeness (QED) is 0.745. The number of sulfonamides is 1. The Labute approximate surface area is 140 Å². The van der Waals surface area contributed by atoms with Crippen LogP contribution in [-0.2, 0) is 10.0 Å². The van der Waals surface area contributed by atoms with E-state index < -0.39 is 10.0 Å². The molecular formula is C17H17N3O3S. The molecule has 3 rings (SSSR count). The van der Waals surface area contributed by atoms with E-state index in [2.05, 4.69) is 14.7 Å². The highest BCUT2D eigenvalue weighted by atomic mass is 32.2. The molecule has 24 heavy (non-hydrogen) atoms. The summed E-state index contributed by atoms with van der Waals surface area (Å²) in [6, 6.07) is 12.0. The van der Waals surface area contributed by atoms with Crippen molar-refractivity contribution in [2.45, 2.75) is 11.8 Å². The van der Waals surface area contributed by atoms with Crippen LogP contribution in [0.3, 0.4) is 0 Å². The zero-order chi connectivity index (χ0) is 17.2. The Hall–Kier alpha value is -2.80. The van der Waals surface area contributed by atoms with E-state index in [-0.39, 0.29) is 4.90 Å². The second-order valence-electron chi connectivity index (χ2n) is 5.28. The van der Waals surface area contributed by atoms with Gasteiger partial charge in [-0.15, -0.1) is 0 Å². The van der Waals surface area contributed by atoms with E-state index in [4.69, 9.17) is 4.74 Å². The molecule has 3 aromatic rings. The summed E-state index contributed by atoms with van der Waals surface area (Å²) in [6.07, 6.45) is 3.35. The summed E-state index contributed by atoms with van der Waals surface area (Å²) < 4.78 is 33.2. The maximum absolute atomic E-state index is 12.7. The minimum atomic E-state index is -3.77. The highest BCUT2D eigenvalue weighted by Gasteiger charge is 2.20. The molecule has 0 atom stereocenters. The molecule has 0 bridgehead atoms. The molecule has 0 saturated heterocycles. The first-order valence-electron chi connectivity index (χ1n) is 7.27. The summed E-state index contributed by atoms with van der Waals surface area (Å²) in [5, 5.41) is 0. The summed E-state index contributed by atoms with van der Waals surface area (Å²) in [5.41, 5.74) is 2.07. The summed E-state index contributed by atoms with van der Waals surface area (Å²) >= 11 is 0. The van der Waals surface area contributed by atoms with Gasteiger partial charge in [0.15, 0.2) is 0 Å². The number of nitrogens with zero attached hydrogens (tertiary/aromatic N) is 1. The number of nitrogens with one attached hydrogen (secondary N) is 2. The van der Waals surface area contributed by atoms with Crippen molar-refractivity contribution in [2.75, 3.05) is 11.8 Å². The number of aromatic amines is 1. The number of aromatic nitrogens is 2. The smallest absolute Gasteiger partial charge is 0.265 e. The van der Waals surface area contributed by atoms with E-state index in [1.54, 1.807) is 48.8 Å². The Balaban J connectivity index is 1.96. The minimum Gasteiger partial charge on any atom is -0.495 e. The molecule has 0 amide bonds. The normalized spacial score (nSPS) is 11.2. The predicted molar refractivity (Wildman–Crippen MR) is 92.6 cm³/mol. The molecule has 0 aliphatic rings. The Morgan fingerprint density at radius 3 is 2.71 bits per heavy atom. The maximum Gasteiger partial charge on any atom is 0.265 e. The molecule has 2 aromatic carbocycles. The van der Waals surface area contributed by atoms with Crippen LogP contribution in [0.4, 0.5) is 5.69 Å². The van der Waals surface area contributed by atoms with Gasteiger partial charge in [-0.25, -0.2) is 13.4 Å². The molecule has 124 valence electrons. The first-order valence-corrected chi connectivity index (χ1v) is 8.75. The maximum atomic E-state index is 12.7. The number of imidazole rings is 1. The fraction of sp³-hybridized carbons (Fsp3) is 0.118. The molecule has 7 heteroatoms. The second-order valence-corrected chi connectivity index (χ2v) is 6.93. The number of anilines is 1. The molecule has 2 N–H and O–H groups in total. The number of hydrogen-bond donors (Lipinski definition) is 2. The first-order chi connectivity index (χ1) is 11.5. The molecule has 6 nitrogen and oxygen atoms in total. The lowest BCUT2D eigenvalue weighted by molar-refractivity contribution is 0.402. The molecule has 1 aromatic heterocycles. The third-order valence-corrected chi connectivity index (χ3v) is 4.90. The summed E-state index contributed by atoms with van der Waals surface area (Å²) in [7, 11) is -2.32. The van der Waals surface area contributed by atoms with Crippen molar-refractivity contribution >= 4 is 15.7 Å². The highest BCUT2D eigenvalue weighted by molar-refractivity contribution is 7.92. The van der Waals surface area contributed by atoms with Crippen LogP contribution in [0.15, 0.2) is 59.8 Å². The number of ether oxygens (including phenoxy) is 1. The molecular weight excluding hydrogens is 326 g/mol. The van der Waals surface area contributed by atoms with Gasteiger partial charge in [-0.1, -0.05) is 18.2 Å². The Morgan fingerprint density at radius 1 is 1.17 bits per heavy atom. The Kier molecular flexibility index (Phi) is 4.26. The van der Waals surface area contributed by atoms with E-state index in [9.17, 15) is 8.42 Å². The van der Waals surface area contributed by atoms with Crippen molar-refractivity contribution in [3.8, 4) is 17.1 Å². The monoisotopic (exact) mass is 343 g/mol. The summed E-state index contributed by atoms with van der Waals surface area (Å²) in [5.74, 6) is 0.972. The largest absolute Gasteiger partial charge is 0.495 e. The van der Waals surface area contributed by atoms with Crippen LogP contribution < -0.4 is 9.46 Å². The van der Waals surface area contributed by atoms with Gasteiger partial charge in [0.1, 0.15) is 16.5 Å². The molecule has 0 aliphatic carbocycles. The fourth-order valence-electron chi connectivity index (χ4n) is 2.36. The number of benzene rings is 2. The van der Waals surface area contributed by atoms with Crippen LogP contribution in [0.25, 0.3) is 11.4 Å². The predicted octanol–water partition coefficient (Wildman–Crippen LogP) is 3.19. The molecule has 0 aliphatic heterocycles. The van der Waals surface area contributed by atoms with Gasteiger partial charge in [-0.05, 0) is 36.8 Å². The van der Waals surface area contributed by atoms with Gasteiger partial charge in [-0.2, -0.15) is 0 Å². The van der Waals surface area contributed by atoms with Gasteiger partial charge in [0.05, 0.1) is 7.11 Å². The van der Waals surface area contributed by atoms with Crippen molar-refractivity contribution in [1.29, 1.82) is 0 Å². The summed E-state index contributed by atoms with van der Waals surface area (Å²) in [4.78, 5) is 7.27.